The van der Waals surface area contributed by atoms with Crippen LogP contribution in [0.15, 0.2) is 53.3 Å². The molecule has 2 aromatic heterocycles. The summed E-state index contributed by atoms with van der Waals surface area (Å²) in [5.74, 6) is 0.684. The summed E-state index contributed by atoms with van der Waals surface area (Å²) in [6.07, 6.45) is 0. The predicted molar refractivity (Wildman–Crippen MR) is 119 cm³/mol. The zero-order valence-electron chi connectivity index (χ0n) is 16.5. The van der Waals surface area contributed by atoms with Crippen LogP contribution in [0.1, 0.15) is 38.5 Å². The van der Waals surface area contributed by atoms with Crippen molar-refractivity contribution in [1.82, 2.24) is 9.55 Å². The van der Waals surface area contributed by atoms with Gasteiger partial charge in [-0.15, -0.1) is 11.3 Å². The summed E-state index contributed by atoms with van der Waals surface area (Å²) in [4.78, 5) is 19.4. The highest BCUT2D eigenvalue weighted by molar-refractivity contribution is 7.18. The Kier molecular flexibility index (Phi) is 3.96. The molecule has 0 bridgehead atoms. The molecule has 3 heterocycles. The first kappa shape index (κ1) is 17.9. The van der Waals surface area contributed by atoms with Gasteiger partial charge in [0.25, 0.3) is 5.56 Å². The summed E-state index contributed by atoms with van der Waals surface area (Å²) >= 11 is 1.61. The van der Waals surface area contributed by atoms with Crippen LogP contribution in [-0.4, -0.2) is 14.7 Å². The smallest absolute Gasteiger partial charge is 0.282 e. The Labute approximate surface area is 172 Å². The van der Waals surface area contributed by atoms with Crippen LogP contribution in [0.5, 0.6) is 0 Å². The van der Waals surface area contributed by atoms with Gasteiger partial charge >= 0.3 is 0 Å². The number of hydrogen-bond donors (Lipinski definition) is 1. The average Bonchev–Trinajstić information content (AvgIpc) is 3.02. The van der Waals surface area contributed by atoms with Gasteiger partial charge in [0.05, 0.1) is 17.5 Å². The summed E-state index contributed by atoms with van der Waals surface area (Å²) < 4.78 is 2.08. The number of aliphatic hydroxyl groups is 1. The lowest BCUT2D eigenvalue weighted by atomic mass is 9.91. The number of hydrogen-bond acceptors (Lipinski definition) is 4. The molecule has 29 heavy (non-hydrogen) atoms. The van der Waals surface area contributed by atoms with Crippen LogP contribution in [0, 0.1) is 20.8 Å². The average molecular weight is 401 g/mol. The van der Waals surface area contributed by atoms with Gasteiger partial charge in [-0.1, -0.05) is 48.5 Å². The third-order valence-corrected chi connectivity index (χ3v) is 6.99. The molecule has 4 aromatic rings. The molecule has 1 aliphatic rings. The molecule has 5 heteroatoms. The molecule has 0 fully saturated rings. The predicted octanol–water partition coefficient (Wildman–Crippen LogP) is 5.22. The first-order valence-electron chi connectivity index (χ1n) is 9.55. The number of rotatable bonds is 1. The fourth-order valence-corrected chi connectivity index (χ4v) is 5.25. The lowest BCUT2D eigenvalue weighted by Crippen LogP contribution is -2.23. The molecule has 5 rings (SSSR count). The van der Waals surface area contributed by atoms with E-state index in [1.165, 1.54) is 0 Å². The van der Waals surface area contributed by atoms with E-state index in [0.717, 1.165) is 37.5 Å². The van der Waals surface area contributed by atoms with E-state index >= 15 is 0 Å². The molecule has 0 amide bonds. The number of aliphatic hydroxyl groups excluding tert-OH is 1. The molecule has 2 aromatic carbocycles. The normalized spacial score (nSPS) is 14.6. The fraction of sp³-hybridized carbons (Fsp3) is 0.167. The van der Waals surface area contributed by atoms with Crippen molar-refractivity contribution in [3.63, 3.8) is 0 Å². The SMILES string of the molecule is Cc1ccccc1/C(O)=C1/c2ccccc2Cn2c1nc(=O)c1c(C)c(C)sc12. The van der Waals surface area contributed by atoms with Gasteiger partial charge in [-0.3, -0.25) is 4.79 Å². The van der Waals surface area contributed by atoms with Crippen LogP contribution >= 0.6 is 11.3 Å². The van der Waals surface area contributed by atoms with Crippen molar-refractivity contribution in [1.29, 1.82) is 0 Å². The van der Waals surface area contributed by atoms with E-state index in [0.29, 0.717) is 23.3 Å². The van der Waals surface area contributed by atoms with E-state index < -0.39 is 0 Å². The summed E-state index contributed by atoms with van der Waals surface area (Å²) in [5.41, 5.74) is 5.11. The molecule has 0 radical (unpaired) electrons. The second-order valence-corrected chi connectivity index (χ2v) is 8.69. The van der Waals surface area contributed by atoms with Gasteiger partial charge in [-0.2, -0.15) is 4.98 Å². The lowest BCUT2D eigenvalue weighted by molar-refractivity contribution is 0.511. The van der Waals surface area contributed by atoms with E-state index in [-0.39, 0.29) is 11.3 Å². The summed E-state index contributed by atoms with van der Waals surface area (Å²) in [7, 11) is 0. The van der Waals surface area contributed by atoms with Crippen LogP contribution in [0.25, 0.3) is 21.5 Å². The first-order chi connectivity index (χ1) is 14.0. The van der Waals surface area contributed by atoms with Crippen LogP contribution in [0.3, 0.4) is 0 Å². The number of nitrogens with zero attached hydrogens (tertiary/aromatic N) is 2. The Morgan fingerprint density at radius 3 is 2.59 bits per heavy atom. The Morgan fingerprint density at radius 1 is 1.07 bits per heavy atom. The van der Waals surface area contributed by atoms with Gasteiger partial charge < -0.3 is 9.67 Å². The highest BCUT2D eigenvalue weighted by atomic mass is 32.1. The molecule has 144 valence electrons. The first-order valence-corrected chi connectivity index (χ1v) is 10.4. The minimum Gasteiger partial charge on any atom is -0.507 e. The molecule has 1 N–H and O–H groups in total. The van der Waals surface area contributed by atoms with E-state index in [2.05, 4.69) is 15.6 Å². The molecular weight excluding hydrogens is 380 g/mol. The summed E-state index contributed by atoms with van der Waals surface area (Å²) in [6.45, 7) is 6.60. The van der Waals surface area contributed by atoms with Gasteiger partial charge in [-0.05, 0) is 43.0 Å². The Morgan fingerprint density at radius 2 is 1.79 bits per heavy atom. The third-order valence-electron chi connectivity index (χ3n) is 5.76. The summed E-state index contributed by atoms with van der Waals surface area (Å²) in [5, 5.41) is 12.1. The number of benzene rings is 2. The Hall–Kier alpha value is -3.18. The topological polar surface area (TPSA) is 55.1 Å². The number of aromatic nitrogens is 2. The Balaban J connectivity index is 1.93. The lowest BCUT2D eigenvalue weighted by Gasteiger charge is -2.25. The molecule has 0 atom stereocenters. The van der Waals surface area contributed by atoms with Crippen molar-refractivity contribution in [2.75, 3.05) is 0 Å². The maximum atomic E-state index is 12.9. The quantitative estimate of drug-likeness (QED) is 0.393. The minimum atomic E-state index is -0.234. The molecule has 0 unspecified atom stereocenters. The molecule has 0 saturated carbocycles. The van der Waals surface area contributed by atoms with Crippen molar-refractivity contribution >= 4 is 32.9 Å². The second-order valence-electron chi connectivity index (χ2n) is 7.49. The standard InChI is InChI=1S/C24H20N2O2S/c1-13-8-4-6-10-17(13)21(27)20-18-11-7-5-9-16(18)12-26-22(20)25-23(28)19-14(2)15(3)29-24(19)26/h4-11,27H,12H2,1-3H3/b21-20+. The molecular formula is C24H20N2O2S. The van der Waals surface area contributed by atoms with E-state index in [1.807, 2.05) is 63.2 Å². The largest absolute Gasteiger partial charge is 0.507 e. The zero-order chi connectivity index (χ0) is 20.3. The van der Waals surface area contributed by atoms with Crippen molar-refractivity contribution < 1.29 is 5.11 Å². The van der Waals surface area contributed by atoms with Gasteiger partial charge in [0.1, 0.15) is 16.4 Å². The fourth-order valence-electron chi connectivity index (χ4n) is 4.10. The van der Waals surface area contributed by atoms with E-state index in [1.54, 1.807) is 11.3 Å². The summed E-state index contributed by atoms with van der Waals surface area (Å²) in [6, 6.07) is 15.7. The second kappa shape index (κ2) is 6.42. The van der Waals surface area contributed by atoms with Crippen LogP contribution < -0.4 is 5.56 Å². The van der Waals surface area contributed by atoms with Crippen LogP contribution in [-0.2, 0) is 6.54 Å². The minimum absolute atomic E-state index is 0.153. The maximum Gasteiger partial charge on any atom is 0.282 e. The van der Waals surface area contributed by atoms with Gasteiger partial charge in [0.15, 0.2) is 0 Å². The van der Waals surface area contributed by atoms with Gasteiger partial charge in [0, 0.05) is 10.4 Å². The maximum absolute atomic E-state index is 12.9. The van der Waals surface area contributed by atoms with Gasteiger partial charge in [-0.25, -0.2) is 0 Å². The monoisotopic (exact) mass is 400 g/mol. The van der Waals surface area contributed by atoms with Crippen molar-refractivity contribution in [2.24, 2.45) is 0 Å². The molecule has 4 nitrogen and oxygen atoms in total. The van der Waals surface area contributed by atoms with E-state index in [4.69, 9.17) is 0 Å². The molecule has 0 saturated heterocycles. The third kappa shape index (κ3) is 2.58. The number of aryl methyl sites for hydroxylation is 3. The zero-order valence-corrected chi connectivity index (χ0v) is 17.3. The Bertz CT molecular complexity index is 1390. The van der Waals surface area contributed by atoms with Crippen LogP contribution in [0.4, 0.5) is 0 Å². The number of thiophene rings is 1. The highest BCUT2D eigenvalue weighted by Gasteiger charge is 2.28. The van der Waals surface area contributed by atoms with Crippen molar-refractivity contribution in [2.45, 2.75) is 27.3 Å². The van der Waals surface area contributed by atoms with Crippen LogP contribution in [0.2, 0.25) is 0 Å². The van der Waals surface area contributed by atoms with Crippen molar-refractivity contribution in [3.05, 3.63) is 97.4 Å². The van der Waals surface area contributed by atoms with Crippen molar-refractivity contribution in [3.8, 4) is 0 Å². The van der Waals surface area contributed by atoms with E-state index in [9.17, 15) is 9.90 Å². The number of fused-ring (bicyclic) bond motifs is 4. The highest BCUT2D eigenvalue weighted by Crippen LogP contribution is 2.39. The van der Waals surface area contributed by atoms with Gasteiger partial charge in [0.2, 0.25) is 0 Å². The molecule has 0 spiro atoms. The molecule has 0 aliphatic carbocycles. The molecule has 1 aliphatic heterocycles.